The maximum Gasteiger partial charge on any atom is 0.195 e. The van der Waals surface area contributed by atoms with E-state index in [1.807, 2.05) is 0 Å². The van der Waals surface area contributed by atoms with E-state index in [2.05, 4.69) is 35.5 Å². The summed E-state index contributed by atoms with van der Waals surface area (Å²) in [5.74, 6) is 1.10. The Morgan fingerprint density at radius 2 is 2.13 bits per heavy atom. The zero-order valence-electron chi connectivity index (χ0n) is 9.92. The van der Waals surface area contributed by atoms with E-state index < -0.39 is 0 Å². The van der Waals surface area contributed by atoms with Crippen LogP contribution in [0.15, 0.2) is 0 Å². The van der Waals surface area contributed by atoms with Crippen molar-refractivity contribution < 1.29 is 0 Å². The molecule has 86 valence electrons. The third kappa shape index (κ3) is 3.16. The van der Waals surface area contributed by atoms with E-state index in [0.717, 1.165) is 23.4 Å². The van der Waals surface area contributed by atoms with Crippen molar-refractivity contribution >= 4 is 12.2 Å². The monoisotopic (exact) mass is 227 g/mol. The lowest BCUT2D eigenvalue weighted by molar-refractivity contribution is 0.463. The predicted octanol–water partition coefficient (Wildman–Crippen LogP) is 3.64. The van der Waals surface area contributed by atoms with E-state index in [4.69, 9.17) is 12.2 Å². The van der Waals surface area contributed by atoms with Crippen LogP contribution in [-0.4, -0.2) is 14.8 Å². The van der Waals surface area contributed by atoms with Crippen LogP contribution in [0.2, 0.25) is 0 Å². The molecule has 1 aromatic rings. The lowest BCUT2D eigenvalue weighted by atomic mass is 10.1. The first-order valence-electron chi connectivity index (χ1n) is 5.86. The fourth-order valence-electron chi connectivity index (χ4n) is 1.82. The van der Waals surface area contributed by atoms with Gasteiger partial charge in [-0.3, -0.25) is 5.10 Å². The van der Waals surface area contributed by atoms with Gasteiger partial charge < -0.3 is 4.57 Å². The Hall–Kier alpha value is -0.640. The summed E-state index contributed by atoms with van der Waals surface area (Å²) in [4.78, 5) is 0. The molecule has 0 aliphatic heterocycles. The predicted molar refractivity (Wildman–Crippen MR) is 65.6 cm³/mol. The second-order valence-corrected chi connectivity index (χ2v) is 4.44. The van der Waals surface area contributed by atoms with E-state index >= 15 is 0 Å². The van der Waals surface area contributed by atoms with Crippen molar-refractivity contribution in [3.63, 3.8) is 0 Å². The van der Waals surface area contributed by atoms with Gasteiger partial charge in [-0.05, 0) is 32.0 Å². The molecule has 1 atom stereocenters. The SMILES string of the molecule is CCCCC(C)n1c(CCC)n[nH]c1=S. The molecule has 1 rings (SSSR count). The second kappa shape index (κ2) is 6.05. The first-order chi connectivity index (χ1) is 7.20. The Balaban J connectivity index is 2.80. The van der Waals surface area contributed by atoms with Crippen molar-refractivity contribution in [1.82, 2.24) is 14.8 Å². The van der Waals surface area contributed by atoms with Gasteiger partial charge in [0, 0.05) is 12.5 Å². The van der Waals surface area contributed by atoms with Gasteiger partial charge in [0.15, 0.2) is 4.77 Å². The van der Waals surface area contributed by atoms with Crippen LogP contribution in [0.5, 0.6) is 0 Å². The molecule has 1 N–H and O–H groups in total. The van der Waals surface area contributed by atoms with Crippen molar-refractivity contribution in [2.75, 3.05) is 0 Å². The topological polar surface area (TPSA) is 33.6 Å². The molecular weight excluding hydrogens is 206 g/mol. The third-order valence-corrected chi connectivity index (χ3v) is 2.96. The lowest BCUT2D eigenvalue weighted by Crippen LogP contribution is -2.09. The summed E-state index contributed by atoms with van der Waals surface area (Å²) in [6.07, 6.45) is 5.78. The van der Waals surface area contributed by atoms with Crippen molar-refractivity contribution in [3.8, 4) is 0 Å². The zero-order valence-corrected chi connectivity index (χ0v) is 10.7. The molecule has 0 aromatic carbocycles. The summed E-state index contributed by atoms with van der Waals surface area (Å²) in [6.45, 7) is 6.60. The van der Waals surface area contributed by atoms with Gasteiger partial charge in [0.25, 0.3) is 0 Å². The molecule has 1 aromatic heterocycles. The van der Waals surface area contributed by atoms with Gasteiger partial charge in [-0.15, -0.1) is 0 Å². The molecule has 0 amide bonds. The van der Waals surface area contributed by atoms with Crippen LogP contribution in [-0.2, 0) is 6.42 Å². The summed E-state index contributed by atoms with van der Waals surface area (Å²) < 4.78 is 2.94. The third-order valence-electron chi connectivity index (χ3n) is 2.67. The fourth-order valence-corrected chi connectivity index (χ4v) is 2.15. The molecule has 0 saturated carbocycles. The summed E-state index contributed by atoms with van der Waals surface area (Å²) in [5, 5.41) is 7.18. The van der Waals surface area contributed by atoms with Crippen molar-refractivity contribution in [3.05, 3.63) is 10.6 Å². The molecule has 0 spiro atoms. The molecule has 0 bridgehead atoms. The molecule has 0 fully saturated rings. The average molecular weight is 227 g/mol. The Morgan fingerprint density at radius 1 is 1.40 bits per heavy atom. The molecule has 0 aliphatic carbocycles. The van der Waals surface area contributed by atoms with Crippen molar-refractivity contribution in [2.45, 2.75) is 58.9 Å². The van der Waals surface area contributed by atoms with Gasteiger partial charge in [-0.1, -0.05) is 26.7 Å². The molecule has 1 unspecified atom stereocenters. The number of rotatable bonds is 6. The van der Waals surface area contributed by atoms with Crippen molar-refractivity contribution in [2.24, 2.45) is 0 Å². The van der Waals surface area contributed by atoms with Crippen LogP contribution in [0.4, 0.5) is 0 Å². The van der Waals surface area contributed by atoms with Gasteiger partial charge in [0.2, 0.25) is 0 Å². The maximum atomic E-state index is 5.26. The van der Waals surface area contributed by atoms with E-state index in [-0.39, 0.29) is 0 Å². The minimum absolute atomic E-state index is 0.470. The quantitative estimate of drug-likeness (QED) is 0.753. The van der Waals surface area contributed by atoms with Crippen LogP contribution < -0.4 is 0 Å². The van der Waals surface area contributed by atoms with Crippen LogP contribution in [0.25, 0.3) is 0 Å². The summed E-state index contributed by atoms with van der Waals surface area (Å²) in [6, 6.07) is 0.470. The van der Waals surface area contributed by atoms with E-state index in [1.165, 1.54) is 19.3 Å². The number of hydrogen-bond donors (Lipinski definition) is 1. The smallest absolute Gasteiger partial charge is 0.195 e. The summed E-state index contributed by atoms with van der Waals surface area (Å²) in [5.41, 5.74) is 0. The summed E-state index contributed by atoms with van der Waals surface area (Å²) in [7, 11) is 0. The maximum absolute atomic E-state index is 5.26. The number of unbranched alkanes of at least 4 members (excludes halogenated alkanes) is 1. The molecule has 15 heavy (non-hydrogen) atoms. The van der Waals surface area contributed by atoms with Gasteiger partial charge >= 0.3 is 0 Å². The normalized spacial score (nSPS) is 13.0. The van der Waals surface area contributed by atoms with Gasteiger partial charge in [-0.2, -0.15) is 5.10 Å². The highest BCUT2D eigenvalue weighted by atomic mass is 32.1. The summed E-state index contributed by atoms with van der Waals surface area (Å²) >= 11 is 5.26. The Morgan fingerprint density at radius 3 is 2.73 bits per heavy atom. The van der Waals surface area contributed by atoms with Gasteiger partial charge in [-0.25, -0.2) is 0 Å². The van der Waals surface area contributed by atoms with Crippen LogP contribution >= 0.6 is 12.2 Å². The first-order valence-corrected chi connectivity index (χ1v) is 6.27. The highest BCUT2D eigenvalue weighted by molar-refractivity contribution is 7.71. The number of aromatic nitrogens is 3. The van der Waals surface area contributed by atoms with Gasteiger partial charge in [0.05, 0.1) is 0 Å². The standard InChI is InChI=1S/C11H21N3S/c1-4-6-8-9(3)14-10(7-5-2)12-13-11(14)15/h9H,4-8H2,1-3H3,(H,13,15). The highest BCUT2D eigenvalue weighted by Gasteiger charge is 2.11. The number of aryl methyl sites for hydroxylation is 1. The number of nitrogens with zero attached hydrogens (tertiary/aromatic N) is 2. The van der Waals surface area contributed by atoms with Crippen LogP contribution in [0, 0.1) is 4.77 Å². The molecule has 0 aliphatic rings. The Bertz CT molecular complexity index is 340. The number of aromatic amines is 1. The molecule has 3 nitrogen and oxygen atoms in total. The van der Waals surface area contributed by atoms with Crippen LogP contribution in [0.3, 0.4) is 0 Å². The molecule has 0 saturated heterocycles. The molecule has 1 heterocycles. The van der Waals surface area contributed by atoms with Crippen LogP contribution in [0.1, 0.15) is 58.3 Å². The number of H-pyrrole nitrogens is 1. The minimum Gasteiger partial charge on any atom is -0.301 e. The first kappa shape index (κ1) is 12.4. The van der Waals surface area contributed by atoms with E-state index in [0.29, 0.717) is 6.04 Å². The molecular formula is C11H21N3S. The Labute approximate surface area is 96.9 Å². The second-order valence-electron chi connectivity index (χ2n) is 4.06. The van der Waals surface area contributed by atoms with E-state index in [9.17, 15) is 0 Å². The largest absolute Gasteiger partial charge is 0.301 e. The van der Waals surface area contributed by atoms with E-state index in [1.54, 1.807) is 0 Å². The fraction of sp³-hybridized carbons (Fsp3) is 0.818. The number of hydrogen-bond acceptors (Lipinski definition) is 2. The average Bonchev–Trinajstić information content (AvgIpc) is 2.57. The number of nitrogens with one attached hydrogen (secondary N) is 1. The highest BCUT2D eigenvalue weighted by Crippen LogP contribution is 2.17. The zero-order chi connectivity index (χ0) is 11.3. The lowest BCUT2D eigenvalue weighted by Gasteiger charge is -2.14. The minimum atomic E-state index is 0.470. The van der Waals surface area contributed by atoms with Crippen molar-refractivity contribution in [1.29, 1.82) is 0 Å². The van der Waals surface area contributed by atoms with Gasteiger partial charge in [0.1, 0.15) is 5.82 Å². The molecule has 4 heteroatoms. The Kier molecular flexibility index (Phi) is 5.02. The molecule has 0 radical (unpaired) electrons.